The van der Waals surface area contributed by atoms with E-state index >= 15 is 0 Å². The van der Waals surface area contributed by atoms with Crippen molar-refractivity contribution in [2.75, 3.05) is 6.54 Å². The Morgan fingerprint density at radius 3 is 2.24 bits per heavy atom. The van der Waals surface area contributed by atoms with E-state index in [-0.39, 0.29) is 6.10 Å². The van der Waals surface area contributed by atoms with Crippen molar-refractivity contribution in [1.29, 1.82) is 0 Å². The second-order valence-corrected chi connectivity index (χ2v) is 11.1. The number of fused-ring (bicyclic) bond motifs is 1. The Balaban J connectivity index is 2.04. The zero-order valence-corrected chi connectivity index (χ0v) is 23.3. The van der Waals surface area contributed by atoms with E-state index in [2.05, 4.69) is 54.4 Å². The molecule has 5 heteroatoms. The number of carbonyl (C=O) groups excluding carboxylic acids is 1. The number of aryl methyl sites for hydroxylation is 3. The van der Waals surface area contributed by atoms with Gasteiger partial charge in [-0.25, -0.2) is 4.79 Å². The summed E-state index contributed by atoms with van der Waals surface area (Å²) >= 11 is 0. The Morgan fingerprint density at radius 1 is 0.919 bits per heavy atom. The Hall–Kier alpha value is -3.31. The molecule has 0 bridgehead atoms. The summed E-state index contributed by atoms with van der Waals surface area (Å²) in [6.07, 6.45) is 1.67. The van der Waals surface area contributed by atoms with Gasteiger partial charge in [-0.1, -0.05) is 48.0 Å². The molecule has 5 nitrogen and oxygen atoms in total. The summed E-state index contributed by atoms with van der Waals surface area (Å²) in [5, 5.41) is 0. The summed E-state index contributed by atoms with van der Waals surface area (Å²) in [6, 6.07) is 14.9. The van der Waals surface area contributed by atoms with E-state index in [4.69, 9.17) is 14.5 Å². The van der Waals surface area contributed by atoms with Crippen LogP contribution in [0.15, 0.2) is 47.5 Å². The fraction of sp³-hybridized carbons (Fsp3) is 0.406. The molecule has 4 rings (SSSR count). The van der Waals surface area contributed by atoms with Crippen LogP contribution in [0.2, 0.25) is 0 Å². The second kappa shape index (κ2) is 10.6. The quantitative estimate of drug-likeness (QED) is 0.339. The van der Waals surface area contributed by atoms with Crippen LogP contribution in [0.1, 0.15) is 74.4 Å². The van der Waals surface area contributed by atoms with Gasteiger partial charge in [0.15, 0.2) is 6.10 Å². The smallest absolute Gasteiger partial charge is 0.340 e. The van der Waals surface area contributed by atoms with E-state index in [1.54, 1.807) is 0 Å². The van der Waals surface area contributed by atoms with Gasteiger partial charge in [-0.3, -0.25) is 9.98 Å². The average Bonchev–Trinajstić information content (AvgIpc) is 2.81. The van der Waals surface area contributed by atoms with E-state index in [0.717, 1.165) is 57.7 Å². The lowest BCUT2D eigenvalue weighted by Crippen LogP contribution is -2.31. The van der Waals surface area contributed by atoms with E-state index in [1.807, 2.05) is 54.7 Å². The van der Waals surface area contributed by atoms with Crippen molar-refractivity contribution < 1.29 is 14.3 Å². The summed E-state index contributed by atoms with van der Waals surface area (Å²) in [5.74, 6) is -0.403. The predicted molar refractivity (Wildman–Crippen MR) is 150 cm³/mol. The highest BCUT2D eigenvalue weighted by Crippen LogP contribution is 2.43. The van der Waals surface area contributed by atoms with Crippen molar-refractivity contribution in [2.24, 2.45) is 4.99 Å². The average molecular weight is 499 g/mol. The third-order valence-electron chi connectivity index (χ3n) is 6.42. The van der Waals surface area contributed by atoms with Gasteiger partial charge in [0.05, 0.1) is 11.7 Å². The highest BCUT2D eigenvalue weighted by atomic mass is 16.6. The molecule has 0 saturated heterocycles. The van der Waals surface area contributed by atoms with Gasteiger partial charge in [-0.05, 0) is 89.6 Å². The topological polar surface area (TPSA) is 60.8 Å². The van der Waals surface area contributed by atoms with Crippen LogP contribution >= 0.6 is 0 Å². The van der Waals surface area contributed by atoms with Gasteiger partial charge in [0.2, 0.25) is 0 Å². The molecule has 37 heavy (non-hydrogen) atoms. The zero-order chi connectivity index (χ0) is 26.9. The first kappa shape index (κ1) is 26.7. The number of benzene rings is 2. The molecular formula is C32H38N2O3. The van der Waals surface area contributed by atoms with Crippen LogP contribution in [0.5, 0.6) is 0 Å². The van der Waals surface area contributed by atoms with Crippen LogP contribution in [0.4, 0.5) is 0 Å². The molecule has 1 aliphatic heterocycles. The predicted octanol–water partition coefficient (Wildman–Crippen LogP) is 7.12. The maximum Gasteiger partial charge on any atom is 0.340 e. The largest absolute Gasteiger partial charge is 0.461 e. The molecule has 3 aromatic rings. The van der Waals surface area contributed by atoms with E-state index in [0.29, 0.717) is 0 Å². The van der Waals surface area contributed by atoms with Crippen LogP contribution in [-0.4, -0.2) is 35.4 Å². The number of rotatable bonds is 6. The number of carbonyl (C=O) groups is 1. The molecule has 2 heterocycles. The summed E-state index contributed by atoms with van der Waals surface area (Å²) in [5.41, 5.74) is 9.50. The summed E-state index contributed by atoms with van der Waals surface area (Å²) < 4.78 is 12.2. The highest BCUT2D eigenvalue weighted by molar-refractivity contribution is 5.92. The minimum absolute atomic E-state index is 0.262. The first-order chi connectivity index (χ1) is 17.4. The molecule has 0 saturated carbocycles. The monoisotopic (exact) mass is 498 g/mol. The number of aliphatic imine (C=N–C) groups is 1. The summed E-state index contributed by atoms with van der Waals surface area (Å²) in [7, 11) is 0. The van der Waals surface area contributed by atoms with Crippen LogP contribution in [-0.2, 0) is 20.7 Å². The van der Waals surface area contributed by atoms with Gasteiger partial charge < -0.3 is 9.47 Å². The van der Waals surface area contributed by atoms with Gasteiger partial charge in [-0.2, -0.15) is 0 Å². The van der Waals surface area contributed by atoms with Crippen LogP contribution in [0.3, 0.4) is 0 Å². The van der Waals surface area contributed by atoms with Crippen molar-refractivity contribution in [3.05, 3.63) is 76.1 Å². The fourth-order valence-corrected chi connectivity index (χ4v) is 4.88. The Bertz CT molecular complexity index is 1330. The lowest BCUT2D eigenvalue weighted by Gasteiger charge is -2.30. The third-order valence-corrected chi connectivity index (χ3v) is 6.42. The van der Waals surface area contributed by atoms with Crippen LogP contribution < -0.4 is 0 Å². The first-order valence-electron chi connectivity index (χ1n) is 13.0. The lowest BCUT2D eigenvalue weighted by atomic mass is 9.85. The van der Waals surface area contributed by atoms with Gasteiger partial charge in [0.1, 0.15) is 0 Å². The van der Waals surface area contributed by atoms with Crippen LogP contribution in [0, 0.1) is 20.8 Å². The minimum Gasteiger partial charge on any atom is -0.461 e. The normalized spacial score (nSPS) is 14.0. The third kappa shape index (κ3) is 5.99. The van der Waals surface area contributed by atoms with Crippen molar-refractivity contribution in [3.63, 3.8) is 0 Å². The van der Waals surface area contributed by atoms with Gasteiger partial charge in [0, 0.05) is 35.3 Å². The molecule has 0 amide bonds. The molecule has 1 aromatic heterocycles. The molecular weight excluding hydrogens is 460 g/mol. The number of aromatic nitrogens is 1. The van der Waals surface area contributed by atoms with Gasteiger partial charge >= 0.3 is 5.97 Å². The summed E-state index contributed by atoms with van der Waals surface area (Å²) in [6.45, 7) is 16.4. The number of ether oxygens (including phenoxy) is 2. The van der Waals surface area contributed by atoms with Gasteiger partial charge in [0.25, 0.3) is 0 Å². The first-order valence-corrected chi connectivity index (χ1v) is 13.0. The fourth-order valence-electron chi connectivity index (χ4n) is 4.88. The maximum absolute atomic E-state index is 13.6. The van der Waals surface area contributed by atoms with E-state index < -0.39 is 17.7 Å². The highest BCUT2D eigenvalue weighted by Gasteiger charge is 2.35. The number of hydrogen-bond acceptors (Lipinski definition) is 5. The van der Waals surface area contributed by atoms with E-state index in [9.17, 15) is 4.79 Å². The maximum atomic E-state index is 13.6. The molecule has 194 valence electrons. The second-order valence-electron chi connectivity index (χ2n) is 11.1. The van der Waals surface area contributed by atoms with Crippen molar-refractivity contribution in [2.45, 2.75) is 79.6 Å². The van der Waals surface area contributed by atoms with Crippen LogP contribution in [0.25, 0.3) is 22.3 Å². The lowest BCUT2D eigenvalue weighted by molar-refractivity contribution is -0.171. The van der Waals surface area contributed by atoms with Crippen molar-refractivity contribution >= 4 is 12.2 Å². The molecule has 0 radical (unpaired) electrons. The minimum atomic E-state index is -0.921. The molecule has 0 fully saturated rings. The number of nitrogens with zero attached hydrogens (tertiary/aromatic N) is 2. The Kier molecular flexibility index (Phi) is 7.65. The Morgan fingerprint density at radius 2 is 1.59 bits per heavy atom. The molecule has 1 atom stereocenters. The molecule has 0 unspecified atom stereocenters. The SMILES string of the molecule is Cc1ccc(-c2c(-c3ccc4c(c3)CCN=C4)c(C)nc(C)c2[C@H](OC(C)(C)C)C(=O)OC(C)C)cc1. The Labute approximate surface area is 221 Å². The van der Waals surface area contributed by atoms with Crippen molar-refractivity contribution in [3.8, 4) is 22.3 Å². The molecule has 1 aliphatic rings. The van der Waals surface area contributed by atoms with Crippen molar-refractivity contribution in [1.82, 2.24) is 4.98 Å². The molecule has 0 spiro atoms. The standard InChI is InChI=1S/C32H38N2O3/c1-19(2)36-31(35)30(37-32(6,7)8)28-22(5)34-21(4)27(29(28)23-11-9-20(3)10-12-23)25-13-14-26-18-33-16-15-24(26)17-25/h9-14,17-19,30H,15-16H2,1-8H3/t30-/m0/s1. The molecule has 2 aromatic carbocycles. The number of hydrogen-bond donors (Lipinski definition) is 0. The molecule has 0 aliphatic carbocycles. The molecule has 0 N–H and O–H groups in total. The zero-order valence-electron chi connectivity index (χ0n) is 23.3. The summed E-state index contributed by atoms with van der Waals surface area (Å²) in [4.78, 5) is 23.0. The number of pyridine rings is 1. The number of esters is 1. The van der Waals surface area contributed by atoms with Gasteiger partial charge in [-0.15, -0.1) is 0 Å². The van der Waals surface area contributed by atoms with E-state index in [1.165, 1.54) is 11.1 Å².